The summed E-state index contributed by atoms with van der Waals surface area (Å²) in [5, 5.41) is 4.76. The van der Waals surface area contributed by atoms with Gasteiger partial charge in [-0.3, -0.25) is 0 Å². The molecule has 0 amide bonds. The van der Waals surface area contributed by atoms with Gasteiger partial charge in [0.15, 0.2) is 0 Å². The van der Waals surface area contributed by atoms with Gasteiger partial charge in [-0.1, -0.05) is 35.7 Å². The molecule has 1 N–H and O–H groups in total. The van der Waals surface area contributed by atoms with Gasteiger partial charge in [-0.25, -0.2) is 0 Å². The van der Waals surface area contributed by atoms with Crippen LogP contribution in [0.25, 0.3) is 0 Å². The van der Waals surface area contributed by atoms with E-state index >= 15 is 0 Å². The molecule has 1 nitrogen and oxygen atoms in total. The SMILES string of the molecule is Clc1ccc([C@H]2CCCCNC2)cc1Cl. The lowest BCUT2D eigenvalue weighted by Crippen LogP contribution is -2.19. The number of halogens is 2. The maximum absolute atomic E-state index is 6.02. The maximum Gasteiger partial charge on any atom is 0.0595 e. The number of hydrogen-bond acceptors (Lipinski definition) is 1. The number of rotatable bonds is 1. The summed E-state index contributed by atoms with van der Waals surface area (Å²) in [7, 11) is 0. The number of benzene rings is 1. The summed E-state index contributed by atoms with van der Waals surface area (Å²) in [6.07, 6.45) is 3.81. The Morgan fingerprint density at radius 2 is 2.00 bits per heavy atom. The van der Waals surface area contributed by atoms with Gasteiger partial charge in [-0.2, -0.15) is 0 Å². The fourth-order valence-corrected chi connectivity index (χ4v) is 2.38. The molecule has 0 aliphatic carbocycles. The second-order valence-corrected chi connectivity index (χ2v) is 4.88. The fourth-order valence-electron chi connectivity index (χ4n) is 2.07. The Bertz CT molecular complexity index is 330. The zero-order chi connectivity index (χ0) is 10.7. The van der Waals surface area contributed by atoms with Gasteiger partial charge in [0.25, 0.3) is 0 Å². The van der Waals surface area contributed by atoms with Crippen molar-refractivity contribution in [1.29, 1.82) is 0 Å². The van der Waals surface area contributed by atoms with Crippen LogP contribution in [-0.4, -0.2) is 13.1 Å². The summed E-state index contributed by atoms with van der Waals surface area (Å²) in [6.45, 7) is 2.19. The highest BCUT2D eigenvalue weighted by atomic mass is 35.5. The largest absolute Gasteiger partial charge is 0.316 e. The monoisotopic (exact) mass is 243 g/mol. The summed E-state index contributed by atoms with van der Waals surface area (Å²) >= 11 is 11.9. The molecular formula is C12H15Cl2N. The van der Waals surface area contributed by atoms with Crippen molar-refractivity contribution in [1.82, 2.24) is 5.32 Å². The van der Waals surface area contributed by atoms with Crippen molar-refractivity contribution >= 4 is 23.2 Å². The molecule has 0 unspecified atom stereocenters. The quantitative estimate of drug-likeness (QED) is 0.791. The van der Waals surface area contributed by atoms with Crippen molar-refractivity contribution in [3.05, 3.63) is 33.8 Å². The molecular weight excluding hydrogens is 229 g/mol. The molecule has 0 saturated carbocycles. The van der Waals surface area contributed by atoms with E-state index in [1.807, 2.05) is 12.1 Å². The van der Waals surface area contributed by atoms with Crippen molar-refractivity contribution in [2.75, 3.05) is 13.1 Å². The van der Waals surface area contributed by atoms with Crippen molar-refractivity contribution in [3.63, 3.8) is 0 Å². The van der Waals surface area contributed by atoms with Crippen LogP contribution in [-0.2, 0) is 0 Å². The second kappa shape index (κ2) is 5.20. The first-order valence-electron chi connectivity index (χ1n) is 5.43. The summed E-state index contributed by atoms with van der Waals surface area (Å²) in [6, 6.07) is 5.98. The first kappa shape index (κ1) is 11.3. The Balaban J connectivity index is 2.16. The van der Waals surface area contributed by atoms with Crippen molar-refractivity contribution in [2.24, 2.45) is 0 Å². The fraction of sp³-hybridized carbons (Fsp3) is 0.500. The Labute approximate surface area is 101 Å². The van der Waals surface area contributed by atoms with Crippen LogP contribution in [0.15, 0.2) is 18.2 Å². The zero-order valence-electron chi connectivity index (χ0n) is 8.60. The van der Waals surface area contributed by atoms with Crippen molar-refractivity contribution in [2.45, 2.75) is 25.2 Å². The van der Waals surface area contributed by atoms with Gasteiger partial charge in [0.2, 0.25) is 0 Å². The van der Waals surface area contributed by atoms with E-state index in [9.17, 15) is 0 Å². The van der Waals surface area contributed by atoms with Crippen LogP contribution in [0.3, 0.4) is 0 Å². The molecule has 1 aliphatic rings. The van der Waals surface area contributed by atoms with E-state index in [0.29, 0.717) is 16.0 Å². The molecule has 1 saturated heterocycles. The molecule has 15 heavy (non-hydrogen) atoms. The maximum atomic E-state index is 6.02. The van der Waals surface area contributed by atoms with Crippen LogP contribution >= 0.6 is 23.2 Å². The van der Waals surface area contributed by atoms with Crippen LogP contribution in [0.5, 0.6) is 0 Å². The molecule has 0 radical (unpaired) electrons. The predicted octanol–water partition coefficient (Wildman–Crippen LogP) is 3.85. The molecule has 0 spiro atoms. The molecule has 1 aromatic rings. The topological polar surface area (TPSA) is 12.0 Å². The lowest BCUT2D eigenvalue weighted by Gasteiger charge is -2.15. The molecule has 1 aromatic carbocycles. The number of hydrogen-bond donors (Lipinski definition) is 1. The summed E-state index contributed by atoms with van der Waals surface area (Å²) in [5.41, 5.74) is 1.30. The standard InChI is InChI=1S/C12H15Cl2N/c13-11-5-4-9(7-12(11)14)10-3-1-2-6-15-8-10/h4-5,7,10,15H,1-3,6,8H2/t10-/m0/s1. The van der Waals surface area contributed by atoms with Crippen LogP contribution in [0.2, 0.25) is 10.0 Å². The highest BCUT2D eigenvalue weighted by Gasteiger charge is 2.14. The molecule has 2 rings (SSSR count). The molecule has 0 bridgehead atoms. The Morgan fingerprint density at radius 3 is 2.80 bits per heavy atom. The van der Waals surface area contributed by atoms with E-state index in [2.05, 4.69) is 11.4 Å². The smallest absolute Gasteiger partial charge is 0.0595 e. The van der Waals surface area contributed by atoms with Gasteiger partial charge < -0.3 is 5.32 Å². The first-order valence-corrected chi connectivity index (χ1v) is 6.18. The lowest BCUT2D eigenvalue weighted by molar-refractivity contribution is 0.610. The Hall–Kier alpha value is -0.240. The molecule has 1 atom stereocenters. The van der Waals surface area contributed by atoms with E-state index in [0.717, 1.165) is 13.1 Å². The summed E-state index contributed by atoms with van der Waals surface area (Å²) in [4.78, 5) is 0. The van der Waals surface area contributed by atoms with E-state index < -0.39 is 0 Å². The highest BCUT2D eigenvalue weighted by molar-refractivity contribution is 6.42. The molecule has 0 aromatic heterocycles. The van der Waals surface area contributed by atoms with E-state index in [4.69, 9.17) is 23.2 Å². The van der Waals surface area contributed by atoms with Gasteiger partial charge in [-0.05, 0) is 43.0 Å². The molecule has 1 heterocycles. The van der Waals surface area contributed by atoms with Crippen LogP contribution in [0.4, 0.5) is 0 Å². The molecule has 1 aliphatic heterocycles. The van der Waals surface area contributed by atoms with E-state index in [1.165, 1.54) is 24.8 Å². The predicted molar refractivity (Wildman–Crippen MR) is 65.9 cm³/mol. The van der Waals surface area contributed by atoms with Crippen molar-refractivity contribution < 1.29 is 0 Å². The summed E-state index contributed by atoms with van der Waals surface area (Å²) < 4.78 is 0. The third kappa shape index (κ3) is 2.87. The minimum Gasteiger partial charge on any atom is -0.316 e. The zero-order valence-corrected chi connectivity index (χ0v) is 10.1. The first-order chi connectivity index (χ1) is 7.27. The van der Waals surface area contributed by atoms with Gasteiger partial charge >= 0.3 is 0 Å². The third-order valence-electron chi connectivity index (χ3n) is 2.96. The van der Waals surface area contributed by atoms with Crippen LogP contribution in [0.1, 0.15) is 30.7 Å². The van der Waals surface area contributed by atoms with E-state index in [1.54, 1.807) is 0 Å². The Kier molecular flexibility index (Phi) is 3.90. The molecule has 82 valence electrons. The molecule has 3 heteroatoms. The minimum absolute atomic E-state index is 0.585. The van der Waals surface area contributed by atoms with Gasteiger partial charge in [0, 0.05) is 6.54 Å². The van der Waals surface area contributed by atoms with Crippen LogP contribution < -0.4 is 5.32 Å². The van der Waals surface area contributed by atoms with Gasteiger partial charge in [-0.15, -0.1) is 0 Å². The second-order valence-electron chi connectivity index (χ2n) is 4.07. The van der Waals surface area contributed by atoms with Gasteiger partial charge in [0.05, 0.1) is 10.0 Å². The molecule has 1 fully saturated rings. The van der Waals surface area contributed by atoms with Crippen molar-refractivity contribution in [3.8, 4) is 0 Å². The minimum atomic E-state index is 0.585. The van der Waals surface area contributed by atoms with E-state index in [-0.39, 0.29) is 0 Å². The average Bonchev–Trinajstić information content (AvgIpc) is 2.50. The van der Waals surface area contributed by atoms with Crippen LogP contribution in [0, 0.1) is 0 Å². The lowest BCUT2D eigenvalue weighted by atomic mass is 9.95. The number of nitrogens with one attached hydrogen (secondary N) is 1. The third-order valence-corrected chi connectivity index (χ3v) is 3.70. The average molecular weight is 244 g/mol. The summed E-state index contributed by atoms with van der Waals surface area (Å²) in [5.74, 6) is 0.585. The Morgan fingerprint density at radius 1 is 1.13 bits per heavy atom. The highest BCUT2D eigenvalue weighted by Crippen LogP contribution is 2.29. The normalized spacial score (nSPS) is 22.4. The van der Waals surface area contributed by atoms with Gasteiger partial charge in [0.1, 0.15) is 0 Å².